The monoisotopic (exact) mass is 389 g/mol. The molecule has 1 fully saturated rings. The molecule has 1 amide bonds. The van der Waals surface area contributed by atoms with Crippen LogP contribution >= 0.6 is 0 Å². The summed E-state index contributed by atoms with van der Waals surface area (Å²) < 4.78 is 40.4. The number of fused-ring (bicyclic) bond motifs is 1. The molecule has 0 radical (unpaired) electrons. The summed E-state index contributed by atoms with van der Waals surface area (Å²) in [5.74, 6) is 0.300. The molecule has 4 rings (SSSR count). The van der Waals surface area contributed by atoms with Gasteiger partial charge in [-0.25, -0.2) is 0 Å². The van der Waals surface area contributed by atoms with Crippen molar-refractivity contribution in [2.24, 2.45) is 0 Å². The van der Waals surface area contributed by atoms with Gasteiger partial charge in [0.2, 0.25) is 5.95 Å². The Labute approximate surface area is 159 Å². The number of piperazine rings is 1. The zero-order valence-electron chi connectivity index (χ0n) is 15.1. The maximum atomic E-state index is 13.0. The predicted octanol–water partition coefficient (Wildman–Crippen LogP) is 3.02. The molecule has 28 heavy (non-hydrogen) atoms. The van der Waals surface area contributed by atoms with E-state index < -0.39 is 11.7 Å². The standard InChI is InChI=1S/C19H18F3N5O/c1-13-2-4-14(5-3-13)17(28)25-8-10-26(11-9-25)18-24-23-16-7-6-15(12-27(16)18)19(20,21)22/h2-7,12H,8-11H2,1H3. The van der Waals surface area contributed by atoms with Crippen LogP contribution in [0.3, 0.4) is 0 Å². The van der Waals surface area contributed by atoms with Crippen molar-refractivity contribution in [2.75, 3.05) is 31.1 Å². The van der Waals surface area contributed by atoms with Gasteiger partial charge in [-0.1, -0.05) is 17.7 Å². The number of carbonyl (C=O) groups excluding carboxylic acids is 1. The van der Waals surface area contributed by atoms with Crippen molar-refractivity contribution in [3.8, 4) is 0 Å². The van der Waals surface area contributed by atoms with E-state index in [1.807, 2.05) is 24.0 Å². The van der Waals surface area contributed by atoms with E-state index in [4.69, 9.17) is 0 Å². The van der Waals surface area contributed by atoms with Crippen LogP contribution in [0.5, 0.6) is 0 Å². The van der Waals surface area contributed by atoms with Crippen LogP contribution < -0.4 is 4.90 Å². The van der Waals surface area contributed by atoms with Gasteiger partial charge in [-0.2, -0.15) is 13.2 Å². The second-order valence-electron chi connectivity index (χ2n) is 6.79. The van der Waals surface area contributed by atoms with Gasteiger partial charge in [0.25, 0.3) is 5.91 Å². The lowest BCUT2D eigenvalue weighted by Crippen LogP contribution is -2.49. The third-order valence-electron chi connectivity index (χ3n) is 4.86. The zero-order valence-corrected chi connectivity index (χ0v) is 15.1. The zero-order chi connectivity index (χ0) is 19.9. The Morgan fingerprint density at radius 3 is 2.29 bits per heavy atom. The lowest BCUT2D eigenvalue weighted by molar-refractivity contribution is -0.137. The molecule has 0 unspecified atom stereocenters. The first-order chi connectivity index (χ1) is 13.3. The average molecular weight is 389 g/mol. The quantitative estimate of drug-likeness (QED) is 0.676. The smallest absolute Gasteiger partial charge is 0.337 e. The molecule has 1 aromatic carbocycles. The van der Waals surface area contributed by atoms with Gasteiger partial charge in [-0.05, 0) is 31.2 Å². The molecule has 1 aliphatic rings. The van der Waals surface area contributed by atoms with Crippen LogP contribution in [-0.2, 0) is 6.18 Å². The largest absolute Gasteiger partial charge is 0.417 e. The molecule has 6 nitrogen and oxygen atoms in total. The molecular weight excluding hydrogens is 371 g/mol. The second kappa shape index (κ2) is 6.81. The Morgan fingerprint density at radius 2 is 1.64 bits per heavy atom. The number of hydrogen-bond acceptors (Lipinski definition) is 4. The van der Waals surface area contributed by atoms with Crippen molar-refractivity contribution in [1.29, 1.82) is 0 Å². The third kappa shape index (κ3) is 3.39. The van der Waals surface area contributed by atoms with Gasteiger partial charge in [0.05, 0.1) is 5.56 Å². The molecule has 2 aromatic heterocycles. The summed E-state index contributed by atoms with van der Waals surface area (Å²) in [5, 5.41) is 8.00. The lowest BCUT2D eigenvalue weighted by Gasteiger charge is -2.34. The van der Waals surface area contributed by atoms with Gasteiger partial charge >= 0.3 is 6.18 Å². The fourth-order valence-corrected chi connectivity index (χ4v) is 3.25. The van der Waals surface area contributed by atoms with Crippen molar-refractivity contribution in [3.63, 3.8) is 0 Å². The Morgan fingerprint density at radius 1 is 0.964 bits per heavy atom. The first-order valence-electron chi connectivity index (χ1n) is 8.86. The Balaban J connectivity index is 1.50. The van der Waals surface area contributed by atoms with Crippen LogP contribution in [0.25, 0.3) is 5.65 Å². The van der Waals surface area contributed by atoms with Crippen molar-refractivity contribution >= 4 is 17.5 Å². The minimum Gasteiger partial charge on any atom is -0.337 e. The number of aromatic nitrogens is 3. The molecule has 0 bridgehead atoms. The van der Waals surface area contributed by atoms with Gasteiger partial charge in [-0.3, -0.25) is 9.20 Å². The fourth-order valence-electron chi connectivity index (χ4n) is 3.25. The Hall–Kier alpha value is -3.10. The van der Waals surface area contributed by atoms with Crippen molar-refractivity contribution in [3.05, 3.63) is 59.3 Å². The van der Waals surface area contributed by atoms with Crippen molar-refractivity contribution in [1.82, 2.24) is 19.5 Å². The lowest BCUT2D eigenvalue weighted by atomic mass is 10.1. The minimum absolute atomic E-state index is 0.0508. The van der Waals surface area contributed by atoms with Crippen LogP contribution in [-0.4, -0.2) is 51.6 Å². The second-order valence-corrected chi connectivity index (χ2v) is 6.79. The summed E-state index contributed by atoms with van der Waals surface area (Å²) in [6, 6.07) is 9.68. The van der Waals surface area contributed by atoms with Crippen LogP contribution in [0.15, 0.2) is 42.6 Å². The third-order valence-corrected chi connectivity index (χ3v) is 4.86. The highest BCUT2D eigenvalue weighted by Crippen LogP contribution is 2.30. The summed E-state index contributed by atoms with van der Waals surface area (Å²) in [6.45, 7) is 3.81. The van der Waals surface area contributed by atoms with Crippen LogP contribution in [0.4, 0.5) is 19.1 Å². The number of halogens is 3. The van der Waals surface area contributed by atoms with E-state index in [1.165, 1.54) is 10.5 Å². The summed E-state index contributed by atoms with van der Waals surface area (Å²) >= 11 is 0. The summed E-state index contributed by atoms with van der Waals surface area (Å²) in [7, 11) is 0. The molecule has 0 N–H and O–H groups in total. The number of benzene rings is 1. The number of amides is 1. The highest BCUT2D eigenvalue weighted by atomic mass is 19.4. The molecular formula is C19H18F3N5O. The number of carbonyl (C=O) groups is 1. The molecule has 0 atom stereocenters. The molecule has 9 heteroatoms. The Bertz CT molecular complexity index is 1000. The number of rotatable bonds is 2. The molecule has 1 aliphatic heterocycles. The average Bonchev–Trinajstić information content (AvgIpc) is 3.11. The highest BCUT2D eigenvalue weighted by molar-refractivity contribution is 5.94. The van der Waals surface area contributed by atoms with Gasteiger partial charge in [0, 0.05) is 37.9 Å². The van der Waals surface area contributed by atoms with E-state index in [9.17, 15) is 18.0 Å². The Kier molecular flexibility index (Phi) is 4.44. The normalized spacial score (nSPS) is 15.3. The number of aryl methyl sites for hydroxylation is 1. The van der Waals surface area contributed by atoms with E-state index in [-0.39, 0.29) is 5.91 Å². The van der Waals surface area contributed by atoms with Crippen LogP contribution in [0.2, 0.25) is 0 Å². The summed E-state index contributed by atoms with van der Waals surface area (Å²) in [4.78, 5) is 16.2. The number of hydrogen-bond donors (Lipinski definition) is 0. The molecule has 3 heterocycles. The van der Waals surface area contributed by atoms with E-state index in [1.54, 1.807) is 17.0 Å². The SMILES string of the molecule is Cc1ccc(C(=O)N2CCN(c3nnc4ccc(C(F)(F)F)cn34)CC2)cc1. The van der Waals surface area contributed by atoms with E-state index in [0.29, 0.717) is 43.3 Å². The number of anilines is 1. The number of nitrogens with zero attached hydrogens (tertiary/aromatic N) is 5. The van der Waals surface area contributed by atoms with Crippen LogP contribution in [0, 0.1) is 6.92 Å². The van der Waals surface area contributed by atoms with Gasteiger partial charge in [-0.15, -0.1) is 10.2 Å². The minimum atomic E-state index is -4.44. The van der Waals surface area contributed by atoms with Gasteiger partial charge in [0.15, 0.2) is 5.65 Å². The van der Waals surface area contributed by atoms with Gasteiger partial charge < -0.3 is 9.80 Å². The molecule has 0 saturated carbocycles. The van der Waals surface area contributed by atoms with Crippen LogP contribution in [0.1, 0.15) is 21.5 Å². The maximum Gasteiger partial charge on any atom is 0.417 e. The first kappa shape index (κ1) is 18.3. The van der Waals surface area contributed by atoms with E-state index >= 15 is 0 Å². The topological polar surface area (TPSA) is 53.7 Å². The predicted molar refractivity (Wildman–Crippen MR) is 97.3 cm³/mol. The maximum absolute atomic E-state index is 13.0. The highest BCUT2D eigenvalue weighted by Gasteiger charge is 2.32. The van der Waals surface area contributed by atoms with Crippen molar-refractivity contribution in [2.45, 2.75) is 13.1 Å². The van der Waals surface area contributed by atoms with Gasteiger partial charge in [0.1, 0.15) is 0 Å². The van der Waals surface area contributed by atoms with E-state index in [0.717, 1.165) is 17.8 Å². The number of alkyl halides is 3. The van der Waals surface area contributed by atoms with E-state index in [2.05, 4.69) is 10.2 Å². The first-order valence-corrected chi connectivity index (χ1v) is 8.86. The van der Waals surface area contributed by atoms with Crippen molar-refractivity contribution < 1.29 is 18.0 Å². The number of pyridine rings is 1. The summed E-state index contributed by atoms with van der Waals surface area (Å²) in [5.41, 5.74) is 1.30. The molecule has 3 aromatic rings. The molecule has 0 aliphatic carbocycles. The molecule has 1 saturated heterocycles. The molecule has 0 spiro atoms. The molecule has 146 valence electrons. The summed E-state index contributed by atoms with van der Waals surface area (Å²) in [6.07, 6.45) is -3.43. The fraction of sp³-hybridized carbons (Fsp3) is 0.316.